The van der Waals surface area contributed by atoms with Crippen LogP contribution in [0.5, 0.6) is 0 Å². The van der Waals surface area contributed by atoms with Crippen molar-refractivity contribution >= 4 is 26.6 Å². The molecule has 1 fully saturated rings. The average Bonchev–Trinajstić information content (AvgIpc) is 2.86. The van der Waals surface area contributed by atoms with Crippen molar-refractivity contribution in [2.24, 2.45) is 16.0 Å². The molecule has 21 heavy (non-hydrogen) atoms. The number of rotatable bonds is 4. The molecule has 0 spiro atoms. The minimum atomic E-state index is -4.12. The summed E-state index contributed by atoms with van der Waals surface area (Å²) >= 11 is 0. The molecule has 0 bridgehead atoms. The third-order valence-corrected chi connectivity index (χ3v) is 6.93. The molecular weight excluding hydrogens is 318 g/mol. The molecule has 0 aromatic rings. The van der Waals surface area contributed by atoms with E-state index in [0.29, 0.717) is 17.3 Å². The van der Waals surface area contributed by atoms with E-state index in [1.165, 1.54) is 14.1 Å². The topological polar surface area (TPSA) is 125 Å². The van der Waals surface area contributed by atoms with E-state index < -0.39 is 25.2 Å². The molecule has 2 rings (SSSR count). The molecule has 2 aliphatic rings. The van der Waals surface area contributed by atoms with Gasteiger partial charge in [-0.05, 0) is 12.8 Å². The van der Waals surface area contributed by atoms with Crippen LogP contribution in [0, 0.1) is 5.92 Å². The van der Waals surface area contributed by atoms with Crippen LogP contribution in [0.2, 0.25) is 0 Å². The van der Waals surface area contributed by atoms with Crippen molar-refractivity contribution < 1.29 is 16.8 Å². The molecule has 1 saturated carbocycles. The number of primary sulfonamides is 1. The van der Waals surface area contributed by atoms with Crippen molar-refractivity contribution in [3.63, 3.8) is 0 Å². The van der Waals surface area contributed by atoms with Crippen LogP contribution in [0.3, 0.4) is 0 Å². The van der Waals surface area contributed by atoms with Gasteiger partial charge in [-0.25, -0.2) is 18.5 Å². The maximum absolute atomic E-state index is 12.1. The van der Waals surface area contributed by atoms with Crippen molar-refractivity contribution in [1.29, 1.82) is 0 Å². The Hall–Kier alpha value is -0.750. The Balaban J connectivity index is 2.37. The second-order valence-corrected chi connectivity index (χ2v) is 9.25. The summed E-state index contributed by atoms with van der Waals surface area (Å²) in [5.41, 5.74) is 2.50. The van der Waals surface area contributed by atoms with Crippen LogP contribution < -0.4 is 10.6 Å². The molecule has 1 heterocycles. The van der Waals surface area contributed by atoms with E-state index in [2.05, 4.69) is 10.4 Å². The van der Waals surface area contributed by atoms with Crippen LogP contribution in [-0.2, 0) is 20.2 Å². The smallest absolute Gasteiger partial charge is 0.232 e. The second-order valence-electron chi connectivity index (χ2n) is 5.52. The molecule has 1 unspecified atom stereocenters. The van der Waals surface area contributed by atoms with Gasteiger partial charge >= 0.3 is 10.2 Å². The van der Waals surface area contributed by atoms with Gasteiger partial charge in [0.05, 0.1) is 0 Å². The van der Waals surface area contributed by atoms with Gasteiger partial charge < -0.3 is 0 Å². The number of nitrogens with two attached hydrogens (primary N) is 1. The van der Waals surface area contributed by atoms with Crippen LogP contribution in [0.4, 0.5) is 0 Å². The molecule has 11 heteroatoms. The first kappa shape index (κ1) is 16.6. The Kier molecular flexibility index (Phi) is 4.32. The molecule has 0 aromatic carbocycles. The molecule has 9 nitrogen and oxygen atoms in total. The Bertz CT molecular complexity index is 624. The van der Waals surface area contributed by atoms with Gasteiger partial charge in [-0.3, -0.25) is 0 Å². The average molecular weight is 339 g/mol. The number of aliphatic imine (C=N–C) groups is 1. The summed E-state index contributed by atoms with van der Waals surface area (Å²) in [6, 6.07) is 0. The van der Waals surface area contributed by atoms with Crippen molar-refractivity contribution in [2.45, 2.75) is 37.1 Å². The van der Waals surface area contributed by atoms with Gasteiger partial charge in [-0.15, -0.1) is 0 Å². The summed E-state index contributed by atoms with van der Waals surface area (Å²) in [6.45, 7) is 0. The highest BCUT2D eigenvalue weighted by Gasteiger charge is 2.54. The zero-order valence-electron chi connectivity index (χ0n) is 12.1. The maximum Gasteiger partial charge on any atom is 0.318 e. The minimum Gasteiger partial charge on any atom is -0.232 e. The summed E-state index contributed by atoms with van der Waals surface area (Å²) in [6.07, 6.45) is 5.03. The normalized spacial score (nSPS) is 28.5. The number of nitrogens with one attached hydrogen (secondary N) is 1. The van der Waals surface area contributed by atoms with Crippen LogP contribution in [-0.4, -0.2) is 51.0 Å². The van der Waals surface area contributed by atoms with E-state index in [9.17, 15) is 16.8 Å². The third-order valence-electron chi connectivity index (χ3n) is 3.93. The molecular formula is C10H21N5O4S2. The van der Waals surface area contributed by atoms with E-state index in [0.717, 1.165) is 29.9 Å². The monoisotopic (exact) mass is 339 g/mol. The van der Waals surface area contributed by atoms with Crippen LogP contribution >= 0.6 is 0 Å². The highest BCUT2D eigenvalue weighted by molar-refractivity contribution is 7.90. The minimum absolute atomic E-state index is 0.347. The number of sulfonamides is 1. The Morgan fingerprint density at radius 1 is 1.24 bits per heavy atom. The lowest BCUT2D eigenvalue weighted by atomic mass is 9.87. The van der Waals surface area contributed by atoms with Gasteiger partial charge in [0.2, 0.25) is 4.99 Å². The van der Waals surface area contributed by atoms with Gasteiger partial charge in [-0.2, -0.15) is 22.6 Å². The van der Waals surface area contributed by atoms with Crippen LogP contribution in [0.25, 0.3) is 0 Å². The SMILES string of the molecule is CN(C)S(=O)(=O)N1C=NC(C2CCCCC2)(S(N)(=O)=O)N1. The Morgan fingerprint density at radius 2 is 1.81 bits per heavy atom. The Morgan fingerprint density at radius 3 is 2.29 bits per heavy atom. The molecule has 122 valence electrons. The fraction of sp³-hybridized carbons (Fsp3) is 0.900. The van der Waals surface area contributed by atoms with E-state index >= 15 is 0 Å². The van der Waals surface area contributed by atoms with E-state index in [4.69, 9.17) is 5.14 Å². The first-order valence-corrected chi connectivity index (χ1v) is 9.63. The number of nitrogens with zero attached hydrogens (tertiary/aromatic N) is 3. The van der Waals surface area contributed by atoms with Gasteiger partial charge in [0, 0.05) is 20.0 Å². The summed E-state index contributed by atoms with van der Waals surface area (Å²) < 4.78 is 50.0. The lowest BCUT2D eigenvalue weighted by molar-refractivity contribution is 0.213. The predicted octanol–water partition coefficient (Wildman–Crippen LogP) is -0.836. The molecule has 0 radical (unpaired) electrons. The zero-order valence-corrected chi connectivity index (χ0v) is 13.7. The van der Waals surface area contributed by atoms with Crippen LogP contribution in [0.1, 0.15) is 32.1 Å². The number of hydrogen-bond donors (Lipinski definition) is 2. The summed E-state index contributed by atoms with van der Waals surface area (Å²) in [7, 11) is -5.28. The standard InChI is InChI=1S/C10H21N5O4S2/c1-14(2)21(18,19)15-8-12-10(13-15,20(11,16)17)9-6-4-3-5-7-9/h8-9,13H,3-7H2,1-2H3,(H2,11,16,17). The lowest BCUT2D eigenvalue weighted by Gasteiger charge is -2.36. The maximum atomic E-state index is 12.1. The van der Waals surface area contributed by atoms with Crippen molar-refractivity contribution in [3.8, 4) is 0 Å². The predicted molar refractivity (Wildman–Crippen MR) is 78.5 cm³/mol. The van der Waals surface area contributed by atoms with Gasteiger partial charge in [-0.1, -0.05) is 19.3 Å². The zero-order chi connectivity index (χ0) is 15.9. The fourth-order valence-corrected chi connectivity index (χ4v) is 4.66. The molecule has 0 amide bonds. The van der Waals surface area contributed by atoms with E-state index in [-0.39, 0.29) is 5.92 Å². The summed E-state index contributed by atoms with van der Waals surface area (Å²) in [4.78, 5) is 2.17. The summed E-state index contributed by atoms with van der Waals surface area (Å²) in [5, 5.41) is 5.35. The fourth-order valence-electron chi connectivity index (χ4n) is 2.71. The third kappa shape index (κ3) is 2.80. The van der Waals surface area contributed by atoms with E-state index in [1.807, 2.05) is 0 Å². The van der Waals surface area contributed by atoms with Gasteiger partial charge in [0.25, 0.3) is 10.0 Å². The molecule has 3 N–H and O–H groups in total. The molecule has 0 saturated heterocycles. The molecule has 1 atom stereocenters. The largest absolute Gasteiger partial charge is 0.318 e. The van der Waals surface area contributed by atoms with Crippen LogP contribution in [0.15, 0.2) is 4.99 Å². The number of hydrogen-bond acceptors (Lipinski definition) is 6. The number of hydrazine groups is 1. The van der Waals surface area contributed by atoms with Gasteiger partial charge in [0.1, 0.15) is 6.34 Å². The highest BCUT2D eigenvalue weighted by atomic mass is 32.2. The molecule has 1 aliphatic carbocycles. The first-order chi connectivity index (χ1) is 9.61. The molecule has 0 aromatic heterocycles. The van der Waals surface area contributed by atoms with E-state index in [1.54, 1.807) is 0 Å². The highest BCUT2D eigenvalue weighted by Crippen LogP contribution is 2.38. The van der Waals surface area contributed by atoms with Crippen molar-refractivity contribution in [1.82, 2.24) is 14.1 Å². The summed E-state index contributed by atoms with van der Waals surface area (Å²) in [5.74, 6) is -0.347. The second kappa shape index (κ2) is 5.47. The Labute approximate surface area is 125 Å². The molecule has 1 aliphatic heterocycles. The van der Waals surface area contributed by atoms with Crippen molar-refractivity contribution in [3.05, 3.63) is 0 Å². The first-order valence-electron chi connectivity index (χ1n) is 6.68. The quantitative estimate of drug-likeness (QED) is 0.691. The van der Waals surface area contributed by atoms with Gasteiger partial charge in [0.15, 0.2) is 0 Å². The van der Waals surface area contributed by atoms with Crippen molar-refractivity contribution in [2.75, 3.05) is 14.1 Å². The lowest BCUT2D eigenvalue weighted by Crippen LogP contribution is -2.61.